The SMILES string of the molecule is [2H]C([2H])(c1ccccc1OCCCCCC(=O)O)N(C(=O)c1ccc(-c2ccco2)cc1)C(C)CC. The predicted molar refractivity (Wildman–Crippen MR) is 132 cm³/mol. The van der Waals surface area contributed by atoms with Crippen LogP contribution in [0.3, 0.4) is 0 Å². The number of rotatable bonds is 13. The normalized spacial score (nSPS) is 13.0. The van der Waals surface area contributed by atoms with Crippen LogP contribution >= 0.6 is 0 Å². The van der Waals surface area contributed by atoms with E-state index >= 15 is 0 Å². The van der Waals surface area contributed by atoms with Gasteiger partial charge in [-0.05, 0) is 62.9 Å². The van der Waals surface area contributed by atoms with Crippen LogP contribution in [-0.4, -0.2) is 34.5 Å². The molecule has 0 fully saturated rings. The van der Waals surface area contributed by atoms with Crippen molar-refractivity contribution in [3.05, 3.63) is 78.1 Å². The highest BCUT2D eigenvalue weighted by Gasteiger charge is 2.22. The Hall–Kier alpha value is -3.54. The standard InChI is InChI=1S/C28H33NO5/c1-3-21(2)29(28(32)23-16-14-22(15-17-23)25-12-9-19-34-25)20-24-10-6-7-11-26(24)33-18-8-4-5-13-27(30)31/h6-7,9-12,14-17,19,21H,3-5,8,13,18,20H2,1-2H3,(H,30,31)/i20D2. The van der Waals surface area contributed by atoms with Crippen molar-refractivity contribution in [1.29, 1.82) is 0 Å². The molecule has 34 heavy (non-hydrogen) atoms. The van der Waals surface area contributed by atoms with Gasteiger partial charge in [-0.2, -0.15) is 0 Å². The number of amides is 1. The first-order valence-corrected chi connectivity index (χ1v) is 11.7. The monoisotopic (exact) mass is 465 g/mol. The zero-order valence-electron chi connectivity index (χ0n) is 21.7. The number of carbonyl (C=O) groups excluding carboxylic acids is 1. The molecular formula is C28H33NO5. The largest absolute Gasteiger partial charge is 0.493 e. The molecule has 1 amide bonds. The zero-order chi connectivity index (χ0) is 26.1. The van der Waals surface area contributed by atoms with Crippen LogP contribution < -0.4 is 4.74 Å². The van der Waals surface area contributed by atoms with Gasteiger partial charge in [0, 0.05) is 35.6 Å². The summed E-state index contributed by atoms with van der Waals surface area (Å²) in [6.45, 7) is 1.95. The second-order valence-corrected chi connectivity index (χ2v) is 8.15. The molecule has 0 spiro atoms. The average Bonchev–Trinajstić information content (AvgIpc) is 3.41. The fourth-order valence-corrected chi connectivity index (χ4v) is 3.45. The quantitative estimate of drug-likeness (QED) is 0.295. The van der Waals surface area contributed by atoms with Crippen LogP contribution in [0.15, 0.2) is 71.3 Å². The molecule has 0 aliphatic heterocycles. The summed E-state index contributed by atoms with van der Waals surface area (Å²) in [5, 5.41) is 8.77. The van der Waals surface area contributed by atoms with Gasteiger partial charge >= 0.3 is 5.97 Å². The summed E-state index contributed by atoms with van der Waals surface area (Å²) >= 11 is 0. The van der Waals surface area contributed by atoms with Gasteiger partial charge in [0.05, 0.1) is 15.6 Å². The van der Waals surface area contributed by atoms with Crippen molar-refractivity contribution in [3.8, 4) is 17.1 Å². The van der Waals surface area contributed by atoms with Gasteiger partial charge in [0.25, 0.3) is 5.91 Å². The Labute approximate surface area is 204 Å². The number of carboxylic acid groups (broad SMARTS) is 1. The van der Waals surface area contributed by atoms with E-state index in [1.54, 1.807) is 60.9 Å². The average molecular weight is 466 g/mol. The molecule has 6 nitrogen and oxygen atoms in total. The molecule has 0 aliphatic rings. The highest BCUT2D eigenvalue weighted by molar-refractivity contribution is 5.94. The lowest BCUT2D eigenvalue weighted by molar-refractivity contribution is -0.137. The topological polar surface area (TPSA) is 80.0 Å². The van der Waals surface area contributed by atoms with Gasteiger partial charge < -0.3 is 19.2 Å². The number of para-hydroxylation sites is 1. The van der Waals surface area contributed by atoms with Crippen molar-refractivity contribution in [2.75, 3.05) is 6.61 Å². The third-order valence-electron chi connectivity index (χ3n) is 5.61. The van der Waals surface area contributed by atoms with E-state index in [0.29, 0.717) is 49.4 Å². The van der Waals surface area contributed by atoms with Gasteiger partial charge in [-0.25, -0.2) is 0 Å². The number of nitrogens with zero attached hydrogens (tertiary/aromatic N) is 1. The molecule has 3 aromatic rings. The van der Waals surface area contributed by atoms with E-state index in [1.165, 1.54) is 4.90 Å². The lowest BCUT2D eigenvalue weighted by Gasteiger charge is -2.29. The third-order valence-corrected chi connectivity index (χ3v) is 5.61. The molecule has 0 bridgehead atoms. The molecule has 3 rings (SSSR count). The second kappa shape index (κ2) is 12.6. The Morgan fingerprint density at radius 3 is 2.50 bits per heavy atom. The van der Waals surface area contributed by atoms with Crippen molar-refractivity contribution in [2.45, 2.75) is 58.5 Å². The first kappa shape index (κ1) is 22.3. The van der Waals surface area contributed by atoms with E-state index in [1.807, 2.05) is 19.9 Å². The molecule has 1 N–H and O–H groups in total. The van der Waals surface area contributed by atoms with Gasteiger partial charge in [-0.3, -0.25) is 9.59 Å². The lowest BCUT2D eigenvalue weighted by Crippen LogP contribution is -2.37. The minimum Gasteiger partial charge on any atom is -0.493 e. The Bertz CT molecular complexity index is 1130. The van der Waals surface area contributed by atoms with Crippen LogP contribution in [0, 0.1) is 0 Å². The fourth-order valence-electron chi connectivity index (χ4n) is 3.45. The zero-order valence-corrected chi connectivity index (χ0v) is 19.7. The van der Waals surface area contributed by atoms with Gasteiger partial charge in [0.1, 0.15) is 11.5 Å². The summed E-state index contributed by atoms with van der Waals surface area (Å²) in [4.78, 5) is 25.6. The highest BCUT2D eigenvalue weighted by atomic mass is 16.5. The van der Waals surface area contributed by atoms with Crippen LogP contribution in [0.2, 0.25) is 0 Å². The molecule has 1 unspecified atom stereocenters. The Balaban J connectivity index is 1.81. The number of furan rings is 1. The summed E-state index contributed by atoms with van der Waals surface area (Å²) in [6.07, 6.45) is 4.20. The number of ether oxygens (including phenoxy) is 1. The molecule has 180 valence electrons. The Kier molecular flexibility index (Phi) is 8.27. The molecule has 0 saturated heterocycles. The molecule has 0 saturated carbocycles. The van der Waals surface area contributed by atoms with Gasteiger partial charge in [-0.15, -0.1) is 0 Å². The first-order chi connectivity index (χ1) is 17.3. The first-order valence-electron chi connectivity index (χ1n) is 12.7. The number of hydrogen-bond acceptors (Lipinski definition) is 4. The van der Waals surface area contributed by atoms with E-state index in [4.69, 9.17) is 17.0 Å². The Morgan fingerprint density at radius 2 is 1.82 bits per heavy atom. The summed E-state index contributed by atoms with van der Waals surface area (Å²) in [5.41, 5.74) is 1.49. The van der Waals surface area contributed by atoms with Crippen LogP contribution in [0.1, 0.15) is 64.6 Å². The van der Waals surface area contributed by atoms with E-state index in [-0.39, 0.29) is 18.0 Å². The summed E-state index contributed by atoms with van der Waals surface area (Å²) in [5.74, 6) is -0.171. The van der Waals surface area contributed by atoms with E-state index < -0.39 is 18.4 Å². The van der Waals surface area contributed by atoms with E-state index in [2.05, 4.69) is 0 Å². The van der Waals surface area contributed by atoms with Crippen molar-refractivity contribution >= 4 is 11.9 Å². The second-order valence-electron chi connectivity index (χ2n) is 8.15. The van der Waals surface area contributed by atoms with Crippen molar-refractivity contribution in [3.63, 3.8) is 0 Å². The molecule has 0 radical (unpaired) electrons. The van der Waals surface area contributed by atoms with Crippen molar-refractivity contribution in [2.24, 2.45) is 0 Å². The van der Waals surface area contributed by atoms with E-state index in [9.17, 15) is 9.59 Å². The number of aliphatic carboxylic acids is 1. The number of hydrogen-bond donors (Lipinski definition) is 1. The third kappa shape index (κ3) is 6.98. The van der Waals surface area contributed by atoms with E-state index in [0.717, 1.165) is 5.56 Å². The van der Waals surface area contributed by atoms with Crippen LogP contribution in [0.25, 0.3) is 11.3 Å². The van der Waals surface area contributed by atoms with Gasteiger partial charge in [0.2, 0.25) is 0 Å². The smallest absolute Gasteiger partial charge is 0.303 e. The summed E-state index contributed by atoms with van der Waals surface area (Å²) in [7, 11) is 0. The summed E-state index contributed by atoms with van der Waals surface area (Å²) < 4.78 is 29.4. The van der Waals surface area contributed by atoms with Gasteiger partial charge in [0.15, 0.2) is 0 Å². The molecular weight excluding hydrogens is 430 g/mol. The number of carbonyl (C=O) groups is 2. The van der Waals surface area contributed by atoms with Gasteiger partial charge in [-0.1, -0.05) is 37.3 Å². The molecule has 6 heteroatoms. The predicted octanol–water partition coefficient (Wildman–Crippen LogP) is 6.41. The maximum absolute atomic E-state index is 13.6. The molecule has 1 heterocycles. The molecule has 1 atom stereocenters. The fraction of sp³-hybridized carbons (Fsp3) is 0.357. The molecule has 2 aromatic carbocycles. The minimum absolute atomic E-state index is 0.119. The molecule has 1 aromatic heterocycles. The van der Waals surface area contributed by atoms with Crippen LogP contribution in [-0.2, 0) is 11.3 Å². The van der Waals surface area contributed by atoms with Crippen LogP contribution in [0.5, 0.6) is 5.75 Å². The van der Waals surface area contributed by atoms with Crippen molar-refractivity contribution < 1.29 is 26.6 Å². The minimum atomic E-state index is -2.13. The molecule has 0 aliphatic carbocycles. The number of benzene rings is 2. The van der Waals surface area contributed by atoms with Crippen molar-refractivity contribution in [1.82, 2.24) is 4.90 Å². The number of unbranched alkanes of at least 4 members (excludes halogenated alkanes) is 2. The Morgan fingerprint density at radius 1 is 1.06 bits per heavy atom. The maximum Gasteiger partial charge on any atom is 0.303 e. The lowest BCUT2D eigenvalue weighted by atomic mass is 10.1. The van der Waals surface area contributed by atoms with Crippen LogP contribution in [0.4, 0.5) is 0 Å². The number of carboxylic acids is 1. The maximum atomic E-state index is 13.6. The summed E-state index contributed by atoms with van der Waals surface area (Å²) in [6, 6.07) is 17.0. The highest BCUT2D eigenvalue weighted by Crippen LogP contribution is 2.25.